The molecule has 0 fully saturated rings. The van der Waals surface area contributed by atoms with E-state index >= 15 is 0 Å². The van der Waals surface area contributed by atoms with Gasteiger partial charge in [-0.1, -0.05) is 56.9 Å². The van der Waals surface area contributed by atoms with Crippen LogP contribution < -0.4 is 0 Å². The number of benzene rings is 1. The Hall–Kier alpha value is -1.73. The van der Waals surface area contributed by atoms with Gasteiger partial charge in [-0.2, -0.15) is 0 Å². The van der Waals surface area contributed by atoms with Gasteiger partial charge in [0, 0.05) is 0 Å². The number of hydrogen-bond acceptors (Lipinski definition) is 0. The van der Waals surface area contributed by atoms with Gasteiger partial charge in [0.25, 0.3) is 0 Å². The first-order chi connectivity index (χ1) is 10.8. The fraction of sp³-hybridized carbons (Fsp3) is 0.238. The average molecular weight is 312 g/mol. The minimum atomic E-state index is -0.0655. The largest absolute Gasteiger partial charge is 0.166 e. The van der Waals surface area contributed by atoms with Gasteiger partial charge in [-0.25, -0.2) is 0 Å². The quantitative estimate of drug-likeness (QED) is 0.376. The van der Waals surface area contributed by atoms with Crippen LogP contribution in [0, 0.1) is 0 Å². The van der Waals surface area contributed by atoms with E-state index in [9.17, 15) is 0 Å². The van der Waals surface area contributed by atoms with Gasteiger partial charge in [-0.15, -0.1) is 0 Å². The standard InChI is InChI=1S/C21H27S/c1-5-9-15-19(8-4)22(21-17-12-11-13-18-21)20(14-7-3)16-10-6-2/h5,8-18H,1,6-7H2,2-4H3/q+1/b15-9-,16-10-,19-8+,20-14+. The van der Waals surface area contributed by atoms with Crippen molar-refractivity contribution in [1.82, 2.24) is 0 Å². The van der Waals surface area contributed by atoms with Crippen LogP contribution in [0.3, 0.4) is 0 Å². The molecule has 0 aliphatic carbocycles. The lowest BCUT2D eigenvalue weighted by molar-refractivity contribution is 1.20. The monoisotopic (exact) mass is 311 g/mol. The van der Waals surface area contributed by atoms with Crippen LogP contribution in [0.2, 0.25) is 0 Å². The Morgan fingerprint density at radius 2 is 1.77 bits per heavy atom. The van der Waals surface area contributed by atoms with Gasteiger partial charge in [0.15, 0.2) is 14.7 Å². The maximum absolute atomic E-state index is 3.79. The summed E-state index contributed by atoms with van der Waals surface area (Å²) in [7, 11) is -0.0655. The van der Waals surface area contributed by atoms with Crippen LogP contribution in [0.25, 0.3) is 0 Å². The van der Waals surface area contributed by atoms with Crippen molar-refractivity contribution in [1.29, 1.82) is 0 Å². The third kappa shape index (κ3) is 5.57. The van der Waals surface area contributed by atoms with Crippen molar-refractivity contribution in [2.75, 3.05) is 0 Å². The van der Waals surface area contributed by atoms with Gasteiger partial charge in [0.05, 0.1) is 10.9 Å². The molecule has 0 nitrogen and oxygen atoms in total. The van der Waals surface area contributed by atoms with Crippen molar-refractivity contribution in [2.45, 2.75) is 38.5 Å². The van der Waals surface area contributed by atoms with Crippen LogP contribution in [0.15, 0.2) is 94.1 Å². The number of allylic oxidation sites excluding steroid dienone is 7. The summed E-state index contributed by atoms with van der Waals surface area (Å²) >= 11 is 0. The molecular weight excluding hydrogens is 284 g/mol. The molecule has 0 bridgehead atoms. The topological polar surface area (TPSA) is 0 Å². The van der Waals surface area contributed by atoms with Gasteiger partial charge in [0.2, 0.25) is 0 Å². The first-order valence-electron chi connectivity index (χ1n) is 7.89. The second-order valence-electron chi connectivity index (χ2n) is 4.73. The molecule has 0 N–H and O–H groups in total. The highest BCUT2D eigenvalue weighted by atomic mass is 32.2. The SMILES string of the molecule is C=C/C=C\C(=C/C)[S+](C(/C=C\CC)=C/CC)c1ccccc1. The van der Waals surface area contributed by atoms with Gasteiger partial charge in [0.1, 0.15) is 0 Å². The van der Waals surface area contributed by atoms with E-state index in [0.29, 0.717) is 0 Å². The van der Waals surface area contributed by atoms with Crippen LogP contribution in [0.1, 0.15) is 33.6 Å². The zero-order valence-electron chi connectivity index (χ0n) is 14.0. The second-order valence-corrected chi connectivity index (χ2v) is 6.76. The van der Waals surface area contributed by atoms with Gasteiger partial charge >= 0.3 is 0 Å². The molecule has 1 atom stereocenters. The fourth-order valence-corrected chi connectivity index (χ4v) is 4.33. The Labute approximate surface area is 139 Å². The lowest BCUT2D eigenvalue weighted by Crippen LogP contribution is -2.07. The fourth-order valence-electron chi connectivity index (χ4n) is 2.06. The van der Waals surface area contributed by atoms with Crippen LogP contribution in [0.5, 0.6) is 0 Å². The number of rotatable bonds is 8. The van der Waals surface area contributed by atoms with Crippen molar-refractivity contribution in [3.8, 4) is 0 Å². The molecule has 0 saturated heterocycles. The lowest BCUT2D eigenvalue weighted by Gasteiger charge is -2.09. The summed E-state index contributed by atoms with van der Waals surface area (Å²) in [5.74, 6) is 0. The lowest BCUT2D eigenvalue weighted by atomic mass is 10.3. The molecule has 1 heteroatoms. The van der Waals surface area contributed by atoms with Gasteiger partial charge in [-0.05, 0) is 56.2 Å². The Kier molecular flexibility index (Phi) is 9.09. The minimum absolute atomic E-state index is 0.0655. The van der Waals surface area contributed by atoms with Crippen LogP contribution in [-0.4, -0.2) is 0 Å². The smallest absolute Gasteiger partial charge is 0.0991 e. The first kappa shape index (κ1) is 18.3. The van der Waals surface area contributed by atoms with Crippen molar-refractivity contribution in [3.05, 3.63) is 89.3 Å². The molecule has 116 valence electrons. The third-order valence-corrected chi connectivity index (χ3v) is 5.42. The number of hydrogen-bond donors (Lipinski definition) is 0. The second kappa shape index (κ2) is 10.9. The first-order valence-corrected chi connectivity index (χ1v) is 9.12. The van der Waals surface area contributed by atoms with Crippen LogP contribution in [0.4, 0.5) is 0 Å². The maximum Gasteiger partial charge on any atom is 0.166 e. The molecule has 0 aromatic heterocycles. The summed E-state index contributed by atoms with van der Waals surface area (Å²) in [6.07, 6.45) is 17.2. The molecule has 1 aromatic carbocycles. The minimum Gasteiger partial charge on any atom is -0.0991 e. The summed E-state index contributed by atoms with van der Waals surface area (Å²) < 4.78 is 0. The molecule has 22 heavy (non-hydrogen) atoms. The van der Waals surface area contributed by atoms with E-state index < -0.39 is 0 Å². The molecule has 0 amide bonds. The molecule has 0 saturated carbocycles. The summed E-state index contributed by atoms with van der Waals surface area (Å²) in [6.45, 7) is 10.3. The molecule has 0 aliphatic heterocycles. The van der Waals surface area contributed by atoms with E-state index in [0.717, 1.165) is 12.8 Å². The molecule has 1 rings (SSSR count). The average Bonchev–Trinajstić information content (AvgIpc) is 2.56. The normalized spacial score (nSPS) is 14.7. The molecule has 0 radical (unpaired) electrons. The summed E-state index contributed by atoms with van der Waals surface area (Å²) in [5, 5.41) is 0. The molecular formula is C21H27S+. The summed E-state index contributed by atoms with van der Waals surface area (Å²) in [4.78, 5) is 4.06. The Balaban J connectivity index is 3.37. The Morgan fingerprint density at radius 1 is 1.05 bits per heavy atom. The van der Waals surface area contributed by atoms with Gasteiger partial charge in [-0.3, -0.25) is 0 Å². The highest BCUT2D eigenvalue weighted by Crippen LogP contribution is 2.31. The summed E-state index contributed by atoms with van der Waals surface area (Å²) in [6, 6.07) is 10.8. The molecule has 1 aromatic rings. The maximum atomic E-state index is 3.79. The van der Waals surface area contributed by atoms with E-state index in [1.807, 2.05) is 12.2 Å². The Bertz CT molecular complexity index is 559. The predicted molar refractivity (Wildman–Crippen MR) is 103 cm³/mol. The molecule has 0 aliphatic rings. The highest BCUT2D eigenvalue weighted by Gasteiger charge is 2.29. The summed E-state index contributed by atoms with van der Waals surface area (Å²) in [5.41, 5.74) is 0. The zero-order chi connectivity index (χ0) is 16.2. The van der Waals surface area contributed by atoms with E-state index in [4.69, 9.17) is 0 Å². The molecule has 0 spiro atoms. The highest BCUT2D eigenvalue weighted by molar-refractivity contribution is 8.04. The van der Waals surface area contributed by atoms with Crippen molar-refractivity contribution < 1.29 is 0 Å². The molecule has 0 heterocycles. The van der Waals surface area contributed by atoms with Crippen LogP contribution in [-0.2, 0) is 10.9 Å². The zero-order valence-corrected chi connectivity index (χ0v) is 14.8. The van der Waals surface area contributed by atoms with Crippen molar-refractivity contribution in [3.63, 3.8) is 0 Å². The predicted octanol–water partition coefficient (Wildman–Crippen LogP) is 6.57. The van der Waals surface area contributed by atoms with E-state index in [2.05, 4.69) is 88.1 Å². The van der Waals surface area contributed by atoms with Crippen molar-refractivity contribution in [2.24, 2.45) is 0 Å². The van der Waals surface area contributed by atoms with Gasteiger partial charge < -0.3 is 0 Å². The van der Waals surface area contributed by atoms with E-state index in [1.54, 1.807) is 0 Å². The third-order valence-electron chi connectivity index (χ3n) is 3.05. The Morgan fingerprint density at radius 3 is 2.32 bits per heavy atom. The van der Waals surface area contributed by atoms with Crippen molar-refractivity contribution >= 4 is 10.9 Å². The van der Waals surface area contributed by atoms with E-state index in [1.165, 1.54) is 14.7 Å². The molecule has 1 unspecified atom stereocenters. The van der Waals surface area contributed by atoms with Crippen LogP contribution >= 0.6 is 0 Å². The van der Waals surface area contributed by atoms with E-state index in [-0.39, 0.29) is 10.9 Å².